The summed E-state index contributed by atoms with van der Waals surface area (Å²) >= 11 is 0. The summed E-state index contributed by atoms with van der Waals surface area (Å²) < 4.78 is 19.4. The van der Waals surface area contributed by atoms with Gasteiger partial charge in [-0.05, 0) is 36.4 Å². The standard InChI is InChI=1S/C24H23FN2O4/c25-17-5-7-18(8-6-17)27-15-16(13-22(27)29)23(30)26-11-9-24(10-12-26)14-20(28)19-3-1-2-4-21(19)31-24/h1-8,16H,9-15H2/t16-/m0/s1. The molecule has 1 atom stereocenters. The molecule has 0 bridgehead atoms. The Labute approximate surface area is 179 Å². The number of hydrogen-bond acceptors (Lipinski definition) is 4. The van der Waals surface area contributed by atoms with Crippen molar-refractivity contribution in [1.82, 2.24) is 4.90 Å². The predicted octanol–water partition coefficient (Wildman–Crippen LogP) is 3.21. The summed E-state index contributed by atoms with van der Waals surface area (Å²) in [4.78, 5) is 41.5. The molecule has 2 aromatic rings. The lowest BCUT2D eigenvalue weighted by molar-refractivity contribution is -0.139. The molecule has 0 aromatic heterocycles. The van der Waals surface area contributed by atoms with Crippen LogP contribution in [0, 0.1) is 11.7 Å². The minimum Gasteiger partial charge on any atom is -0.486 e. The van der Waals surface area contributed by atoms with Crippen molar-refractivity contribution in [2.45, 2.75) is 31.3 Å². The van der Waals surface area contributed by atoms with Gasteiger partial charge in [-0.15, -0.1) is 0 Å². The zero-order valence-corrected chi connectivity index (χ0v) is 17.1. The third-order valence-electron chi connectivity index (χ3n) is 6.60. The van der Waals surface area contributed by atoms with E-state index in [9.17, 15) is 18.8 Å². The lowest BCUT2D eigenvalue weighted by Crippen LogP contribution is -2.53. The molecular formula is C24H23FN2O4. The number of piperidine rings is 1. The number of anilines is 1. The number of hydrogen-bond donors (Lipinski definition) is 0. The number of benzene rings is 2. The van der Waals surface area contributed by atoms with Gasteiger partial charge in [-0.2, -0.15) is 0 Å². The second-order valence-corrected chi connectivity index (χ2v) is 8.59. The van der Waals surface area contributed by atoms with Gasteiger partial charge in [-0.3, -0.25) is 14.4 Å². The summed E-state index contributed by atoms with van der Waals surface area (Å²) in [5, 5.41) is 0. The highest BCUT2D eigenvalue weighted by atomic mass is 19.1. The molecule has 2 saturated heterocycles. The summed E-state index contributed by atoms with van der Waals surface area (Å²) in [6.45, 7) is 1.29. The van der Waals surface area contributed by atoms with Gasteiger partial charge in [-0.25, -0.2) is 4.39 Å². The van der Waals surface area contributed by atoms with E-state index in [1.54, 1.807) is 28.0 Å². The van der Waals surface area contributed by atoms with Crippen molar-refractivity contribution < 1.29 is 23.5 Å². The van der Waals surface area contributed by atoms with E-state index in [1.165, 1.54) is 12.1 Å². The van der Waals surface area contributed by atoms with Crippen LogP contribution in [0.5, 0.6) is 5.75 Å². The molecule has 3 aliphatic heterocycles. The van der Waals surface area contributed by atoms with Gasteiger partial charge in [0.15, 0.2) is 5.78 Å². The number of halogens is 1. The molecule has 0 N–H and O–H groups in total. The van der Waals surface area contributed by atoms with Crippen LogP contribution in [-0.2, 0) is 9.59 Å². The smallest absolute Gasteiger partial charge is 0.228 e. The zero-order chi connectivity index (χ0) is 21.6. The van der Waals surface area contributed by atoms with E-state index in [0.717, 1.165) is 0 Å². The molecule has 3 aliphatic rings. The average molecular weight is 422 g/mol. The van der Waals surface area contributed by atoms with Crippen molar-refractivity contribution in [3.8, 4) is 5.75 Å². The van der Waals surface area contributed by atoms with Gasteiger partial charge in [-0.1, -0.05) is 12.1 Å². The van der Waals surface area contributed by atoms with Gasteiger partial charge in [0.2, 0.25) is 11.8 Å². The molecule has 7 heteroatoms. The molecule has 2 aromatic carbocycles. The number of para-hydroxylation sites is 1. The van der Waals surface area contributed by atoms with E-state index in [1.807, 2.05) is 18.2 Å². The first kappa shape index (κ1) is 19.7. The third-order valence-corrected chi connectivity index (χ3v) is 6.60. The van der Waals surface area contributed by atoms with Crippen LogP contribution >= 0.6 is 0 Å². The first-order valence-electron chi connectivity index (χ1n) is 10.6. The van der Waals surface area contributed by atoms with Crippen molar-refractivity contribution in [1.29, 1.82) is 0 Å². The number of carbonyl (C=O) groups excluding carboxylic acids is 3. The molecule has 3 heterocycles. The Morgan fingerprint density at radius 3 is 2.48 bits per heavy atom. The topological polar surface area (TPSA) is 66.9 Å². The fourth-order valence-electron chi connectivity index (χ4n) is 4.86. The molecular weight excluding hydrogens is 399 g/mol. The van der Waals surface area contributed by atoms with E-state index in [2.05, 4.69) is 0 Å². The summed E-state index contributed by atoms with van der Waals surface area (Å²) in [5.74, 6) is -0.253. The van der Waals surface area contributed by atoms with Crippen LogP contribution in [0.1, 0.15) is 36.0 Å². The lowest BCUT2D eigenvalue weighted by Gasteiger charge is -2.44. The van der Waals surface area contributed by atoms with Gasteiger partial charge in [0.05, 0.1) is 17.9 Å². The number of ether oxygens (including phenoxy) is 1. The number of carbonyl (C=O) groups is 3. The van der Waals surface area contributed by atoms with Crippen LogP contribution in [0.3, 0.4) is 0 Å². The number of likely N-dealkylation sites (tertiary alicyclic amines) is 1. The van der Waals surface area contributed by atoms with E-state index < -0.39 is 11.5 Å². The van der Waals surface area contributed by atoms with Crippen molar-refractivity contribution >= 4 is 23.3 Å². The SMILES string of the molecule is O=C1CC2(CCN(C(=O)[C@H]3CC(=O)N(c4ccc(F)cc4)C3)CC2)Oc2ccccc21. The molecule has 5 rings (SSSR count). The normalized spacial score (nSPS) is 22.4. The van der Waals surface area contributed by atoms with Crippen molar-refractivity contribution in [3.05, 3.63) is 59.9 Å². The van der Waals surface area contributed by atoms with Crippen LogP contribution in [0.15, 0.2) is 48.5 Å². The summed E-state index contributed by atoms with van der Waals surface area (Å²) in [6.07, 6.45) is 1.65. The fourth-order valence-corrected chi connectivity index (χ4v) is 4.86. The molecule has 2 fully saturated rings. The Balaban J connectivity index is 1.23. The highest BCUT2D eigenvalue weighted by molar-refractivity contribution is 6.01. The average Bonchev–Trinajstić information content (AvgIpc) is 3.16. The second-order valence-electron chi connectivity index (χ2n) is 8.59. The molecule has 0 radical (unpaired) electrons. The van der Waals surface area contributed by atoms with Gasteiger partial charge < -0.3 is 14.5 Å². The summed E-state index contributed by atoms with van der Waals surface area (Å²) in [6, 6.07) is 13.0. The van der Waals surface area contributed by atoms with E-state index in [4.69, 9.17) is 4.74 Å². The van der Waals surface area contributed by atoms with Gasteiger partial charge in [0, 0.05) is 44.6 Å². The maximum Gasteiger partial charge on any atom is 0.228 e. The zero-order valence-electron chi connectivity index (χ0n) is 17.1. The van der Waals surface area contributed by atoms with Crippen LogP contribution < -0.4 is 9.64 Å². The maximum atomic E-state index is 13.2. The Morgan fingerprint density at radius 2 is 1.74 bits per heavy atom. The van der Waals surface area contributed by atoms with Crippen LogP contribution in [0.25, 0.3) is 0 Å². The quantitative estimate of drug-likeness (QED) is 0.746. The lowest BCUT2D eigenvalue weighted by atomic mass is 9.82. The molecule has 160 valence electrons. The molecule has 2 amide bonds. The number of amides is 2. The first-order valence-corrected chi connectivity index (χ1v) is 10.6. The Morgan fingerprint density at radius 1 is 1.03 bits per heavy atom. The predicted molar refractivity (Wildman–Crippen MR) is 111 cm³/mol. The first-order chi connectivity index (χ1) is 14.9. The van der Waals surface area contributed by atoms with Crippen molar-refractivity contribution in [2.24, 2.45) is 5.92 Å². The molecule has 1 spiro atoms. The molecule has 0 saturated carbocycles. The van der Waals surface area contributed by atoms with Crippen LogP contribution in [-0.4, -0.2) is 47.7 Å². The number of ketones is 1. The Kier molecular flexibility index (Phi) is 4.76. The minimum atomic E-state index is -0.562. The number of Topliss-reactive ketones (excluding diaryl/α,β-unsaturated/α-hetero) is 1. The molecule has 0 unspecified atom stereocenters. The van der Waals surface area contributed by atoms with E-state index in [0.29, 0.717) is 55.9 Å². The van der Waals surface area contributed by atoms with Crippen LogP contribution in [0.4, 0.5) is 10.1 Å². The maximum absolute atomic E-state index is 13.2. The number of fused-ring (bicyclic) bond motifs is 1. The summed E-state index contributed by atoms with van der Waals surface area (Å²) in [5.41, 5.74) is 0.664. The third kappa shape index (κ3) is 3.58. The Bertz CT molecular complexity index is 1040. The van der Waals surface area contributed by atoms with Crippen LogP contribution in [0.2, 0.25) is 0 Å². The molecule has 0 aliphatic carbocycles. The van der Waals surface area contributed by atoms with Gasteiger partial charge in [0.1, 0.15) is 17.2 Å². The number of rotatable bonds is 2. The van der Waals surface area contributed by atoms with E-state index in [-0.39, 0.29) is 29.8 Å². The second kappa shape index (κ2) is 7.48. The van der Waals surface area contributed by atoms with Crippen molar-refractivity contribution in [3.63, 3.8) is 0 Å². The number of nitrogens with zero attached hydrogens (tertiary/aromatic N) is 2. The monoisotopic (exact) mass is 422 g/mol. The Hall–Kier alpha value is -3.22. The van der Waals surface area contributed by atoms with Gasteiger partial charge in [0.25, 0.3) is 0 Å². The molecule has 6 nitrogen and oxygen atoms in total. The summed E-state index contributed by atoms with van der Waals surface area (Å²) in [7, 11) is 0. The van der Waals surface area contributed by atoms with Gasteiger partial charge >= 0.3 is 0 Å². The van der Waals surface area contributed by atoms with E-state index >= 15 is 0 Å². The van der Waals surface area contributed by atoms with Crippen molar-refractivity contribution in [2.75, 3.05) is 24.5 Å². The highest BCUT2D eigenvalue weighted by Crippen LogP contribution is 2.39. The largest absolute Gasteiger partial charge is 0.486 e. The fraction of sp³-hybridized carbons (Fsp3) is 0.375. The highest BCUT2D eigenvalue weighted by Gasteiger charge is 2.45. The molecule has 31 heavy (non-hydrogen) atoms. The minimum absolute atomic E-state index is 0.0460.